The molecule has 2 aromatic carbocycles. The quantitative estimate of drug-likeness (QED) is 0.756. The van der Waals surface area contributed by atoms with Gasteiger partial charge in [-0.25, -0.2) is 0 Å². The van der Waals surface area contributed by atoms with Gasteiger partial charge in [-0.05, 0) is 31.2 Å². The molecule has 21 heavy (non-hydrogen) atoms. The van der Waals surface area contributed by atoms with Crippen LogP contribution in [0, 0.1) is 0 Å². The molecule has 3 nitrogen and oxygen atoms in total. The largest absolute Gasteiger partial charge is 0.493 e. The third-order valence-electron chi connectivity index (χ3n) is 3.07. The smallest absolute Gasteiger partial charge is 0.169 e. The fourth-order valence-electron chi connectivity index (χ4n) is 2.02. The Kier molecular flexibility index (Phi) is 5.90. The summed E-state index contributed by atoms with van der Waals surface area (Å²) in [5.41, 5.74) is 1.03. The average molecular weight is 306 g/mol. The van der Waals surface area contributed by atoms with Crippen LogP contribution in [0.1, 0.15) is 18.9 Å². The van der Waals surface area contributed by atoms with E-state index in [-0.39, 0.29) is 0 Å². The highest BCUT2D eigenvalue weighted by atomic mass is 35.5. The third kappa shape index (κ3) is 4.13. The van der Waals surface area contributed by atoms with Crippen molar-refractivity contribution < 1.29 is 9.47 Å². The van der Waals surface area contributed by atoms with Crippen molar-refractivity contribution in [3.8, 4) is 17.2 Å². The lowest BCUT2D eigenvalue weighted by molar-refractivity contribution is 0.377. The Morgan fingerprint density at radius 1 is 1.05 bits per heavy atom. The van der Waals surface area contributed by atoms with Crippen LogP contribution in [0.2, 0.25) is 5.02 Å². The lowest BCUT2D eigenvalue weighted by atomic mass is 10.2. The Morgan fingerprint density at radius 2 is 1.81 bits per heavy atom. The molecular weight excluding hydrogens is 286 g/mol. The minimum Gasteiger partial charge on any atom is -0.493 e. The molecule has 0 aromatic heterocycles. The molecule has 0 amide bonds. The summed E-state index contributed by atoms with van der Waals surface area (Å²) in [4.78, 5) is 0. The number of para-hydroxylation sites is 3. The van der Waals surface area contributed by atoms with Crippen molar-refractivity contribution in [2.75, 3.05) is 13.7 Å². The van der Waals surface area contributed by atoms with E-state index in [1.807, 2.05) is 42.5 Å². The summed E-state index contributed by atoms with van der Waals surface area (Å²) in [6.07, 6.45) is 1.09. The van der Waals surface area contributed by atoms with E-state index in [0.29, 0.717) is 22.3 Å². The van der Waals surface area contributed by atoms with E-state index in [1.165, 1.54) is 0 Å². The van der Waals surface area contributed by atoms with Gasteiger partial charge in [-0.15, -0.1) is 0 Å². The second kappa shape index (κ2) is 7.91. The van der Waals surface area contributed by atoms with Gasteiger partial charge in [0.05, 0.1) is 12.1 Å². The SMILES string of the molecule is CCCNCc1cccc(Cl)c1Oc1ccccc1OC. The number of ether oxygens (including phenoxy) is 2. The monoisotopic (exact) mass is 305 g/mol. The zero-order valence-electron chi connectivity index (χ0n) is 12.4. The van der Waals surface area contributed by atoms with E-state index in [2.05, 4.69) is 12.2 Å². The highest BCUT2D eigenvalue weighted by Gasteiger charge is 2.12. The summed E-state index contributed by atoms with van der Waals surface area (Å²) in [6.45, 7) is 3.82. The highest BCUT2D eigenvalue weighted by Crippen LogP contribution is 2.37. The van der Waals surface area contributed by atoms with E-state index in [4.69, 9.17) is 21.1 Å². The highest BCUT2D eigenvalue weighted by molar-refractivity contribution is 6.32. The number of hydrogen-bond donors (Lipinski definition) is 1. The van der Waals surface area contributed by atoms with Crippen LogP contribution in [-0.4, -0.2) is 13.7 Å². The molecule has 0 aliphatic carbocycles. The van der Waals surface area contributed by atoms with Crippen LogP contribution in [0.3, 0.4) is 0 Å². The number of rotatable bonds is 7. The van der Waals surface area contributed by atoms with Crippen LogP contribution in [0.15, 0.2) is 42.5 Å². The molecule has 0 bridgehead atoms. The molecule has 0 aliphatic rings. The van der Waals surface area contributed by atoms with E-state index in [1.54, 1.807) is 7.11 Å². The number of halogens is 1. The van der Waals surface area contributed by atoms with Gasteiger partial charge in [0.15, 0.2) is 17.2 Å². The van der Waals surface area contributed by atoms with Crippen molar-refractivity contribution in [3.63, 3.8) is 0 Å². The number of hydrogen-bond acceptors (Lipinski definition) is 3. The van der Waals surface area contributed by atoms with Crippen LogP contribution in [0.25, 0.3) is 0 Å². The summed E-state index contributed by atoms with van der Waals surface area (Å²) in [6, 6.07) is 13.3. The molecule has 1 N–H and O–H groups in total. The Hall–Kier alpha value is -1.71. The molecule has 2 rings (SSSR count). The van der Waals surface area contributed by atoms with E-state index in [9.17, 15) is 0 Å². The van der Waals surface area contributed by atoms with E-state index in [0.717, 1.165) is 25.1 Å². The normalized spacial score (nSPS) is 10.4. The first-order valence-corrected chi connectivity index (χ1v) is 7.43. The predicted molar refractivity (Wildman–Crippen MR) is 86.5 cm³/mol. The molecule has 0 heterocycles. The topological polar surface area (TPSA) is 30.5 Å². The summed E-state index contributed by atoms with van der Waals surface area (Å²) in [5.74, 6) is 2.02. The molecular formula is C17H20ClNO2. The fourth-order valence-corrected chi connectivity index (χ4v) is 2.25. The minimum absolute atomic E-state index is 0.594. The third-order valence-corrected chi connectivity index (χ3v) is 3.37. The molecule has 0 saturated heterocycles. The maximum Gasteiger partial charge on any atom is 0.169 e. The van der Waals surface area contributed by atoms with Crippen molar-refractivity contribution in [1.29, 1.82) is 0 Å². The first-order chi connectivity index (χ1) is 10.3. The lowest BCUT2D eigenvalue weighted by Gasteiger charge is -2.15. The predicted octanol–water partition coefficient (Wildman–Crippen LogP) is 4.64. The lowest BCUT2D eigenvalue weighted by Crippen LogP contribution is -2.14. The summed E-state index contributed by atoms with van der Waals surface area (Å²) >= 11 is 6.29. The maximum absolute atomic E-state index is 6.29. The zero-order chi connectivity index (χ0) is 15.1. The Balaban J connectivity index is 2.25. The van der Waals surface area contributed by atoms with Gasteiger partial charge in [-0.3, -0.25) is 0 Å². The zero-order valence-corrected chi connectivity index (χ0v) is 13.1. The van der Waals surface area contributed by atoms with Gasteiger partial charge in [-0.1, -0.05) is 42.8 Å². The Bertz CT molecular complexity index is 587. The summed E-state index contributed by atoms with van der Waals surface area (Å²) < 4.78 is 11.3. The average Bonchev–Trinajstić information content (AvgIpc) is 2.51. The molecule has 4 heteroatoms. The molecule has 0 fully saturated rings. The van der Waals surface area contributed by atoms with Crippen molar-refractivity contribution in [1.82, 2.24) is 5.32 Å². The van der Waals surface area contributed by atoms with Crippen molar-refractivity contribution >= 4 is 11.6 Å². The van der Waals surface area contributed by atoms with Gasteiger partial charge in [-0.2, -0.15) is 0 Å². The molecule has 0 saturated carbocycles. The van der Waals surface area contributed by atoms with Crippen molar-refractivity contribution in [2.45, 2.75) is 19.9 Å². The molecule has 2 aromatic rings. The van der Waals surface area contributed by atoms with Crippen LogP contribution in [0.5, 0.6) is 17.2 Å². The van der Waals surface area contributed by atoms with Crippen LogP contribution in [0.4, 0.5) is 0 Å². The van der Waals surface area contributed by atoms with Crippen molar-refractivity contribution in [2.24, 2.45) is 0 Å². The van der Waals surface area contributed by atoms with Gasteiger partial charge >= 0.3 is 0 Å². The molecule has 112 valence electrons. The first-order valence-electron chi connectivity index (χ1n) is 7.05. The molecule has 0 aliphatic heterocycles. The second-order valence-electron chi connectivity index (χ2n) is 4.66. The standard InChI is InChI=1S/C17H20ClNO2/c1-3-11-19-12-13-7-6-8-14(18)17(13)21-16-10-5-4-9-15(16)20-2/h4-10,19H,3,11-12H2,1-2H3. The number of methoxy groups -OCH3 is 1. The van der Waals surface area contributed by atoms with Gasteiger partial charge in [0.25, 0.3) is 0 Å². The van der Waals surface area contributed by atoms with Gasteiger partial charge in [0.1, 0.15) is 0 Å². The summed E-state index contributed by atoms with van der Waals surface area (Å²) in [7, 11) is 1.62. The Morgan fingerprint density at radius 3 is 2.52 bits per heavy atom. The molecule has 0 spiro atoms. The minimum atomic E-state index is 0.594. The van der Waals surface area contributed by atoms with Gasteiger partial charge < -0.3 is 14.8 Å². The molecule has 0 atom stereocenters. The molecule has 0 radical (unpaired) electrons. The van der Waals surface area contributed by atoms with E-state index < -0.39 is 0 Å². The van der Waals surface area contributed by atoms with E-state index >= 15 is 0 Å². The fraction of sp³-hybridized carbons (Fsp3) is 0.294. The summed E-state index contributed by atoms with van der Waals surface area (Å²) in [5, 5.41) is 3.96. The number of benzene rings is 2. The van der Waals surface area contributed by atoms with Crippen LogP contribution < -0.4 is 14.8 Å². The number of nitrogens with one attached hydrogen (secondary N) is 1. The van der Waals surface area contributed by atoms with Gasteiger partial charge in [0.2, 0.25) is 0 Å². The Labute approximate surface area is 130 Å². The van der Waals surface area contributed by atoms with Crippen LogP contribution >= 0.6 is 11.6 Å². The van der Waals surface area contributed by atoms with Crippen molar-refractivity contribution in [3.05, 3.63) is 53.1 Å². The second-order valence-corrected chi connectivity index (χ2v) is 5.06. The van der Waals surface area contributed by atoms with Gasteiger partial charge in [0, 0.05) is 12.1 Å². The maximum atomic E-state index is 6.29. The first kappa shape index (κ1) is 15.7. The molecule has 0 unspecified atom stereocenters. The van der Waals surface area contributed by atoms with Crippen LogP contribution in [-0.2, 0) is 6.54 Å².